The van der Waals surface area contributed by atoms with E-state index in [0.29, 0.717) is 0 Å². The molecule has 0 amide bonds. The largest absolute Gasteiger partial charge is 0.383 e. The number of methoxy groups -OCH3 is 1. The Bertz CT molecular complexity index is 402. The highest BCUT2D eigenvalue weighted by molar-refractivity contribution is 5.56. The molecule has 3 heteroatoms. The molecule has 1 N–H and O–H groups in total. The smallest absolute Gasteiger partial charge is 0.0637 e. The van der Waals surface area contributed by atoms with Gasteiger partial charge >= 0.3 is 0 Å². The van der Waals surface area contributed by atoms with Crippen molar-refractivity contribution in [1.29, 1.82) is 0 Å². The number of rotatable bonds is 8. The third kappa shape index (κ3) is 3.95. The molecule has 1 fully saturated rings. The van der Waals surface area contributed by atoms with Gasteiger partial charge in [0.25, 0.3) is 0 Å². The molecule has 1 aliphatic rings. The monoisotopic (exact) mass is 262 g/mol. The molecule has 0 bridgehead atoms. The second-order valence-corrected chi connectivity index (χ2v) is 5.32. The number of hydrogen-bond acceptors (Lipinski definition) is 3. The molecule has 0 aromatic heterocycles. The molecule has 2 rings (SSSR count). The second-order valence-electron chi connectivity index (χ2n) is 5.32. The number of aryl methyl sites for hydroxylation is 1. The Morgan fingerprint density at radius 3 is 2.74 bits per heavy atom. The number of nitrogens with one attached hydrogen (secondary N) is 1. The Labute approximate surface area is 116 Å². The van der Waals surface area contributed by atoms with Gasteiger partial charge in [-0.15, -0.1) is 0 Å². The fraction of sp³-hybridized carbons (Fsp3) is 0.625. The molecule has 0 spiro atoms. The molecule has 1 aromatic carbocycles. The molecule has 3 nitrogen and oxygen atoms in total. The first-order valence-corrected chi connectivity index (χ1v) is 7.32. The third-order valence-electron chi connectivity index (χ3n) is 3.67. The maximum Gasteiger partial charge on any atom is 0.0637 e. The van der Waals surface area contributed by atoms with Crippen LogP contribution in [0.25, 0.3) is 0 Å². The van der Waals surface area contributed by atoms with Crippen molar-refractivity contribution < 1.29 is 4.74 Å². The first-order chi connectivity index (χ1) is 9.26. The Morgan fingerprint density at radius 2 is 2.16 bits per heavy atom. The molecule has 0 unspecified atom stereocenters. The second kappa shape index (κ2) is 6.92. The van der Waals surface area contributed by atoms with Gasteiger partial charge in [0.05, 0.1) is 6.61 Å². The summed E-state index contributed by atoms with van der Waals surface area (Å²) in [5.74, 6) is 0. The van der Waals surface area contributed by atoms with Crippen LogP contribution in [0.1, 0.15) is 30.9 Å². The van der Waals surface area contributed by atoms with Crippen molar-refractivity contribution in [3.8, 4) is 0 Å². The summed E-state index contributed by atoms with van der Waals surface area (Å²) in [6, 6.07) is 7.55. The molecule has 1 aliphatic carbocycles. The number of ether oxygens (including phenoxy) is 1. The van der Waals surface area contributed by atoms with E-state index in [1.807, 2.05) is 0 Å². The zero-order valence-corrected chi connectivity index (χ0v) is 12.4. The maximum atomic E-state index is 5.24. The Hall–Kier alpha value is -1.06. The molecule has 19 heavy (non-hydrogen) atoms. The van der Waals surface area contributed by atoms with Crippen LogP contribution in [0.5, 0.6) is 0 Å². The standard InChI is InChI=1S/C16H26N2O/c1-4-17-12-14-5-8-16(13(2)11-14)18(9-10-19-3)15-6-7-15/h5,8,11,15,17H,4,6-7,9-10,12H2,1-3H3. The zero-order valence-electron chi connectivity index (χ0n) is 12.4. The van der Waals surface area contributed by atoms with Gasteiger partial charge < -0.3 is 15.0 Å². The van der Waals surface area contributed by atoms with Crippen LogP contribution >= 0.6 is 0 Å². The Morgan fingerprint density at radius 1 is 1.37 bits per heavy atom. The minimum absolute atomic E-state index is 0.730. The molecule has 1 aromatic rings. The van der Waals surface area contributed by atoms with Gasteiger partial charge in [-0.25, -0.2) is 0 Å². The molecule has 0 heterocycles. The van der Waals surface area contributed by atoms with Crippen LogP contribution in [0.4, 0.5) is 5.69 Å². The number of benzene rings is 1. The normalized spacial score (nSPS) is 14.7. The van der Waals surface area contributed by atoms with E-state index in [-0.39, 0.29) is 0 Å². The Kier molecular flexibility index (Phi) is 5.23. The van der Waals surface area contributed by atoms with Crippen molar-refractivity contribution in [2.45, 2.75) is 39.3 Å². The predicted octanol–water partition coefficient (Wildman–Crippen LogP) is 2.72. The summed E-state index contributed by atoms with van der Waals surface area (Å²) in [5.41, 5.74) is 4.11. The highest BCUT2D eigenvalue weighted by atomic mass is 16.5. The average Bonchev–Trinajstić information content (AvgIpc) is 3.23. The van der Waals surface area contributed by atoms with E-state index in [1.54, 1.807) is 7.11 Å². The van der Waals surface area contributed by atoms with E-state index < -0.39 is 0 Å². The highest BCUT2D eigenvalue weighted by Crippen LogP contribution is 2.33. The van der Waals surface area contributed by atoms with E-state index in [2.05, 4.69) is 42.3 Å². The fourth-order valence-electron chi connectivity index (χ4n) is 2.49. The quantitative estimate of drug-likeness (QED) is 0.779. The summed E-state index contributed by atoms with van der Waals surface area (Å²) >= 11 is 0. The van der Waals surface area contributed by atoms with E-state index in [1.165, 1.54) is 29.7 Å². The Balaban J connectivity index is 2.08. The van der Waals surface area contributed by atoms with Crippen LogP contribution in [0.15, 0.2) is 18.2 Å². The van der Waals surface area contributed by atoms with E-state index in [0.717, 1.165) is 32.3 Å². The summed E-state index contributed by atoms with van der Waals surface area (Å²) in [5, 5.41) is 3.38. The lowest BCUT2D eigenvalue weighted by molar-refractivity contribution is 0.205. The average molecular weight is 262 g/mol. The minimum atomic E-state index is 0.730. The van der Waals surface area contributed by atoms with Crippen molar-refractivity contribution in [2.24, 2.45) is 0 Å². The van der Waals surface area contributed by atoms with E-state index in [4.69, 9.17) is 4.74 Å². The van der Waals surface area contributed by atoms with Crippen molar-refractivity contribution in [3.63, 3.8) is 0 Å². The van der Waals surface area contributed by atoms with Crippen molar-refractivity contribution in [1.82, 2.24) is 5.32 Å². The fourth-order valence-corrected chi connectivity index (χ4v) is 2.49. The minimum Gasteiger partial charge on any atom is -0.383 e. The molecule has 0 aliphatic heterocycles. The number of nitrogens with zero attached hydrogens (tertiary/aromatic N) is 1. The van der Waals surface area contributed by atoms with Crippen molar-refractivity contribution >= 4 is 5.69 Å². The van der Waals surface area contributed by atoms with Crippen LogP contribution < -0.4 is 10.2 Å². The SMILES string of the molecule is CCNCc1ccc(N(CCOC)C2CC2)c(C)c1. The van der Waals surface area contributed by atoms with Gasteiger partial charge in [-0.05, 0) is 43.5 Å². The van der Waals surface area contributed by atoms with E-state index in [9.17, 15) is 0 Å². The van der Waals surface area contributed by atoms with Gasteiger partial charge in [-0.1, -0.05) is 19.1 Å². The maximum absolute atomic E-state index is 5.24. The lowest BCUT2D eigenvalue weighted by atomic mass is 10.1. The molecular weight excluding hydrogens is 236 g/mol. The lowest BCUT2D eigenvalue weighted by Crippen LogP contribution is -2.30. The van der Waals surface area contributed by atoms with Crippen LogP contribution in [0.2, 0.25) is 0 Å². The van der Waals surface area contributed by atoms with Crippen LogP contribution in [-0.4, -0.2) is 32.8 Å². The first-order valence-electron chi connectivity index (χ1n) is 7.32. The first kappa shape index (κ1) is 14.4. The van der Waals surface area contributed by atoms with Gasteiger partial charge in [0, 0.05) is 31.9 Å². The topological polar surface area (TPSA) is 24.5 Å². The van der Waals surface area contributed by atoms with Gasteiger partial charge in [0.2, 0.25) is 0 Å². The molecule has 0 radical (unpaired) electrons. The van der Waals surface area contributed by atoms with Gasteiger partial charge in [0.15, 0.2) is 0 Å². The van der Waals surface area contributed by atoms with Gasteiger partial charge in [-0.3, -0.25) is 0 Å². The van der Waals surface area contributed by atoms with Crippen molar-refractivity contribution in [3.05, 3.63) is 29.3 Å². The van der Waals surface area contributed by atoms with Gasteiger partial charge in [-0.2, -0.15) is 0 Å². The third-order valence-corrected chi connectivity index (χ3v) is 3.67. The lowest BCUT2D eigenvalue weighted by Gasteiger charge is -2.26. The zero-order chi connectivity index (χ0) is 13.7. The molecular formula is C16H26N2O. The molecule has 106 valence electrons. The van der Waals surface area contributed by atoms with Crippen LogP contribution in [0.3, 0.4) is 0 Å². The summed E-state index contributed by atoms with van der Waals surface area (Å²) in [6.45, 7) is 8.12. The van der Waals surface area contributed by atoms with Crippen LogP contribution in [0, 0.1) is 6.92 Å². The molecule has 1 saturated carbocycles. The molecule has 0 atom stereocenters. The van der Waals surface area contributed by atoms with Crippen LogP contribution in [-0.2, 0) is 11.3 Å². The molecule has 0 saturated heterocycles. The van der Waals surface area contributed by atoms with Gasteiger partial charge in [0.1, 0.15) is 0 Å². The summed E-state index contributed by atoms with van der Waals surface area (Å²) in [7, 11) is 1.78. The summed E-state index contributed by atoms with van der Waals surface area (Å²) in [4.78, 5) is 2.51. The van der Waals surface area contributed by atoms with E-state index >= 15 is 0 Å². The highest BCUT2D eigenvalue weighted by Gasteiger charge is 2.29. The number of hydrogen-bond donors (Lipinski definition) is 1. The summed E-state index contributed by atoms with van der Waals surface area (Å²) in [6.07, 6.45) is 2.64. The van der Waals surface area contributed by atoms with Crippen molar-refractivity contribution in [2.75, 3.05) is 31.7 Å². The predicted molar refractivity (Wildman–Crippen MR) is 80.8 cm³/mol. The summed E-state index contributed by atoms with van der Waals surface area (Å²) < 4.78 is 5.24. The number of anilines is 1.